The van der Waals surface area contributed by atoms with Gasteiger partial charge in [-0.2, -0.15) is 11.8 Å². The second-order valence-electron chi connectivity index (χ2n) is 6.12. The fraction of sp³-hybridized carbons (Fsp3) is 0.632. The Morgan fingerprint density at radius 1 is 1.29 bits per heavy atom. The highest BCUT2D eigenvalue weighted by Crippen LogP contribution is 2.27. The molecule has 1 aromatic carbocycles. The first-order chi connectivity index (χ1) is 11.7. The van der Waals surface area contributed by atoms with Crippen molar-refractivity contribution in [2.45, 2.75) is 56.8 Å². The molecule has 1 atom stereocenters. The zero-order valence-electron chi connectivity index (χ0n) is 14.8. The fourth-order valence-corrected chi connectivity index (χ4v) is 4.13. The van der Waals surface area contributed by atoms with Crippen LogP contribution in [0, 0.1) is 0 Å². The van der Waals surface area contributed by atoms with Gasteiger partial charge in [0.1, 0.15) is 11.5 Å². The molecular weight excluding hydrogens is 322 g/mol. The smallest absolute Gasteiger partial charge is 0.261 e. The minimum Gasteiger partial charge on any atom is -0.497 e. The number of hydrogen-bond donors (Lipinski definition) is 1. The maximum atomic E-state index is 12.3. The molecule has 0 unspecified atom stereocenters. The average Bonchev–Trinajstić information content (AvgIpc) is 2.64. The van der Waals surface area contributed by atoms with Gasteiger partial charge >= 0.3 is 0 Å². The van der Waals surface area contributed by atoms with Gasteiger partial charge < -0.3 is 14.8 Å². The van der Waals surface area contributed by atoms with Crippen LogP contribution in [0.1, 0.15) is 45.4 Å². The summed E-state index contributed by atoms with van der Waals surface area (Å²) in [6, 6.07) is 7.36. The lowest BCUT2D eigenvalue weighted by atomic mass is 10.0. The summed E-state index contributed by atoms with van der Waals surface area (Å²) in [6.45, 7) is 2.67. The Hall–Kier alpha value is -1.36. The first-order valence-electron chi connectivity index (χ1n) is 8.93. The number of nitrogens with one attached hydrogen (secondary N) is 1. The molecule has 0 aromatic heterocycles. The minimum atomic E-state index is -0.461. The summed E-state index contributed by atoms with van der Waals surface area (Å²) in [5.74, 6) is 2.33. The quantitative estimate of drug-likeness (QED) is 0.682. The van der Waals surface area contributed by atoms with Crippen molar-refractivity contribution in [3.63, 3.8) is 0 Å². The van der Waals surface area contributed by atoms with E-state index in [1.807, 2.05) is 36.9 Å². The van der Waals surface area contributed by atoms with Gasteiger partial charge in [0, 0.05) is 23.6 Å². The molecule has 0 heterocycles. The van der Waals surface area contributed by atoms with Gasteiger partial charge in [0.05, 0.1) is 7.11 Å². The number of carbonyl (C=O) groups excluding carboxylic acids is 1. The summed E-state index contributed by atoms with van der Waals surface area (Å²) in [6.07, 6.45) is 6.93. The van der Waals surface area contributed by atoms with E-state index in [0.29, 0.717) is 18.7 Å². The van der Waals surface area contributed by atoms with E-state index in [1.54, 1.807) is 13.2 Å². The molecule has 1 N–H and O–H groups in total. The molecule has 2 rings (SSSR count). The first kappa shape index (κ1) is 19.0. The molecular formula is C19H29NO3S. The summed E-state index contributed by atoms with van der Waals surface area (Å²) >= 11 is 2.00. The monoisotopic (exact) mass is 351 g/mol. The largest absolute Gasteiger partial charge is 0.497 e. The van der Waals surface area contributed by atoms with E-state index in [4.69, 9.17) is 9.47 Å². The predicted octanol–water partition coefficient (Wildman–Crippen LogP) is 4.03. The highest BCUT2D eigenvalue weighted by molar-refractivity contribution is 7.99. The van der Waals surface area contributed by atoms with Gasteiger partial charge in [-0.05, 0) is 31.4 Å². The lowest BCUT2D eigenvalue weighted by Crippen LogP contribution is -2.39. The number of hydrogen-bond acceptors (Lipinski definition) is 4. The maximum absolute atomic E-state index is 12.3. The highest BCUT2D eigenvalue weighted by Gasteiger charge is 2.19. The van der Waals surface area contributed by atoms with Gasteiger partial charge in [-0.15, -0.1) is 0 Å². The van der Waals surface area contributed by atoms with Crippen molar-refractivity contribution in [1.29, 1.82) is 0 Å². The van der Waals surface area contributed by atoms with Crippen molar-refractivity contribution in [3.05, 3.63) is 24.3 Å². The lowest BCUT2D eigenvalue weighted by molar-refractivity contribution is -0.127. The van der Waals surface area contributed by atoms with E-state index in [2.05, 4.69) is 5.32 Å². The average molecular weight is 352 g/mol. The molecule has 1 amide bonds. The van der Waals surface area contributed by atoms with Crippen LogP contribution in [0.15, 0.2) is 24.3 Å². The SMILES string of the molecule is CC[C@H](Oc1cccc(OC)c1)C(=O)NCCSC1CCCCC1. The number of methoxy groups -OCH3 is 1. The number of ether oxygens (including phenoxy) is 2. The second-order valence-corrected chi connectivity index (χ2v) is 7.52. The summed E-state index contributed by atoms with van der Waals surface area (Å²) < 4.78 is 11.0. The van der Waals surface area contributed by atoms with Gasteiger partial charge in [-0.3, -0.25) is 4.79 Å². The molecule has 4 nitrogen and oxygen atoms in total. The topological polar surface area (TPSA) is 47.6 Å². The third kappa shape index (κ3) is 6.27. The normalized spacial score (nSPS) is 16.4. The third-order valence-electron chi connectivity index (χ3n) is 4.29. The van der Waals surface area contributed by atoms with Crippen LogP contribution in [0.3, 0.4) is 0 Å². The van der Waals surface area contributed by atoms with Crippen LogP contribution in [0.25, 0.3) is 0 Å². The van der Waals surface area contributed by atoms with Gasteiger partial charge in [0.2, 0.25) is 0 Å². The van der Waals surface area contributed by atoms with Crippen LogP contribution < -0.4 is 14.8 Å². The Labute approximate surface area is 149 Å². The van der Waals surface area contributed by atoms with Gasteiger partial charge in [0.15, 0.2) is 6.10 Å². The molecule has 0 spiro atoms. The van der Waals surface area contributed by atoms with E-state index >= 15 is 0 Å². The zero-order chi connectivity index (χ0) is 17.2. The molecule has 0 aliphatic heterocycles. The standard InChI is InChI=1S/C19H29NO3S/c1-3-18(23-16-9-7-8-15(14-16)22-2)19(21)20-12-13-24-17-10-5-4-6-11-17/h7-9,14,17-18H,3-6,10-13H2,1-2H3,(H,20,21)/t18-/m0/s1. The van der Waals surface area contributed by atoms with Crippen molar-refractivity contribution >= 4 is 17.7 Å². The molecule has 1 saturated carbocycles. The molecule has 0 bridgehead atoms. The van der Waals surface area contributed by atoms with Crippen molar-refractivity contribution in [2.75, 3.05) is 19.4 Å². The summed E-state index contributed by atoms with van der Waals surface area (Å²) in [7, 11) is 1.62. The van der Waals surface area contributed by atoms with Crippen LogP contribution in [0.2, 0.25) is 0 Å². The third-order valence-corrected chi connectivity index (χ3v) is 5.67. The van der Waals surface area contributed by atoms with Crippen molar-refractivity contribution in [3.8, 4) is 11.5 Å². The molecule has 0 saturated heterocycles. The van der Waals surface area contributed by atoms with Gasteiger partial charge in [-0.1, -0.05) is 32.3 Å². The van der Waals surface area contributed by atoms with Crippen LogP contribution in [0.4, 0.5) is 0 Å². The zero-order valence-corrected chi connectivity index (χ0v) is 15.6. The Kier molecular flexibility index (Phi) is 8.29. The number of amides is 1. The van der Waals surface area contributed by atoms with Crippen LogP contribution in [0.5, 0.6) is 11.5 Å². The van der Waals surface area contributed by atoms with Crippen LogP contribution in [-0.2, 0) is 4.79 Å². The number of benzene rings is 1. The molecule has 0 radical (unpaired) electrons. The van der Waals surface area contributed by atoms with E-state index in [0.717, 1.165) is 16.8 Å². The fourth-order valence-electron chi connectivity index (χ4n) is 2.91. The highest BCUT2D eigenvalue weighted by atomic mass is 32.2. The molecule has 24 heavy (non-hydrogen) atoms. The van der Waals surface area contributed by atoms with E-state index in [-0.39, 0.29) is 5.91 Å². The first-order valence-corrected chi connectivity index (χ1v) is 9.97. The number of rotatable bonds is 9. The van der Waals surface area contributed by atoms with Crippen molar-refractivity contribution in [1.82, 2.24) is 5.32 Å². The lowest BCUT2D eigenvalue weighted by Gasteiger charge is -2.21. The Balaban J connectivity index is 1.72. The Morgan fingerprint density at radius 3 is 2.75 bits per heavy atom. The summed E-state index contributed by atoms with van der Waals surface area (Å²) in [5, 5.41) is 3.79. The maximum Gasteiger partial charge on any atom is 0.261 e. The van der Waals surface area contributed by atoms with E-state index < -0.39 is 6.10 Å². The Morgan fingerprint density at radius 2 is 2.04 bits per heavy atom. The molecule has 1 aliphatic carbocycles. The Bertz CT molecular complexity index is 503. The molecule has 1 aromatic rings. The van der Waals surface area contributed by atoms with E-state index in [9.17, 15) is 4.79 Å². The van der Waals surface area contributed by atoms with E-state index in [1.165, 1.54) is 32.1 Å². The summed E-state index contributed by atoms with van der Waals surface area (Å²) in [5.41, 5.74) is 0. The van der Waals surface area contributed by atoms with Gasteiger partial charge in [-0.25, -0.2) is 0 Å². The molecule has 1 aliphatic rings. The summed E-state index contributed by atoms with van der Waals surface area (Å²) in [4.78, 5) is 12.3. The van der Waals surface area contributed by atoms with Crippen molar-refractivity contribution < 1.29 is 14.3 Å². The minimum absolute atomic E-state index is 0.0374. The van der Waals surface area contributed by atoms with Crippen LogP contribution in [-0.4, -0.2) is 36.7 Å². The van der Waals surface area contributed by atoms with Crippen LogP contribution >= 0.6 is 11.8 Å². The number of thioether (sulfide) groups is 1. The molecule has 1 fully saturated rings. The molecule has 5 heteroatoms. The van der Waals surface area contributed by atoms with Crippen molar-refractivity contribution in [2.24, 2.45) is 0 Å². The number of carbonyl (C=O) groups is 1. The predicted molar refractivity (Wildman–Crippen MR) is 100 cm³/mol. The second kappa shape index (κ2) is 10.5. The van der Waals surface area contributed by atoms with Gasteiger partial charge in [0.25, 0.3) is 5.91 Å². The molecule has 134 valence electrons.